The standard InChI is InChI=1S/C21H18ClN3OS/c1-12-4-9-18(13(2)10-12)23-20(26)19-11-17-14(3)24-25(21(17)27-19)16-7-5-15(22)6-8-16/h4-11H,1-3H3,(H,23,26). The number of nitrogens with zero attached hydrogens (tertiary/aromatic N) is 2. The highest BCUT2D eigenvalue weighted by atomic mass is 35.5. The number of hydrogen-bond donors (Lipinski definition) is 1. The molecule has 0 aliphatic heterocycles. The summed E-state index contributed by atoms with van der Waals surface area (Å²) in [6.07, 6.45) is 0. The third-order valence-electron chi connectivity index (χ3n) is 4.47. The van der Waals surface area contributed by atoms with Crippen LogP contribution < -0.4 is 5.32 Å². The first kappa shape index (κ1) is 17.8. The molecule has 0 saturated carbocycles. The van der Waals surface area contributed by atoms with Crippen molar-refractivity contribution in [1.29, 1.82) is 0 Å². The molecule has 1 amide bonds. The summed E-state index contributed by atoms with van der Waals surface area (Å²) in [5.41, 5.74) is 4.86. The Morgan fingerprint density at radius 1 is 1.07 bits per heavy atom. The number of anilines is 1. The van der Waals surface area contributed by atoms with Gasteiger partial charge in [0.05, 0.1) is 16.3 Å². The van der Waals surface area contributed by atoms with Crippen molar-refractivity contribution < 1.29 is 4.79 Å². The minimum atomic E-state index is -0.106. The van der Waals surface area contributed by atoms with Gasteiger partial charge in [0.2, 0.25) is 0 Å². The molecule has 0 aliphatic rings. The van der Waals surface area contributed by atoms with Gasteiger partial charge in [0, 0.05) is 16.1 Å². The lowest BCUT2D eigenvalue weighted by molar-refractivity contribution is 0.103. The van der Waals surface area contributed by atoms with Gasteiger partial charge in [-0.3, -0.25) is 4.79 Å². The second-order valence-electron chi connectivity index (χ2n) is 6.58. The summed E-state index contributed by atoms with van der Waals surface area (Å²) in [4.78, 5) is 14.4. The van der Waals surface area contributed by atoms with Crippen molar-refractivity contribution in [3.8, 4) is 5.69 Å². The van der Waals surface area contributed by atoms with Crippen molar-refractivity contribution in [1.82, 2.24) is 9.78 Å². The van der Waals surface area contributed by atoms with Crippen LogP contribution in [0.3, 0.4) is 0 Å². The van der Waals surface area contributed by atoms with Crippen LogP contribution >= 0.6 is 22.9 Å². The van der Waals surface area contributed by atoms with Gasteiger partial charge in [0.1, 0.15) is 4.83 Å². The summed E-state index contributed by atoms with van der Waals surface area (Å²) in [6.45, 7) is 5.99. The minimum absolute atomic E-state index is 0.106. The monoisotopic (exact) mass is 395 g/mol. The number of amides is 1. The molecule has 0 radical (unpaired) electrons. The predicted octanol–water partition coefficient (Wildman–Crippen LogP) is 5.92. The van der Waals surface area contributed by atoms with Crippen LogP contribution in [0.25, 0.3) is 15.9 Å². The van der Waals surface area contributed by atoms with Crippen LogP contribution in [0.2, 0.25) is 5.02 Å². The quantitative estimate of drug-likeness (QED) is 0.468. The number of fused-ring (bicyclic) bond motifs is 1. The fourth-order valence-electron chi connectivity index (χ4n) is 3.05. The highest BCUT2D eigenvalue weighted by Gasteiger charge is 2.17. The van der Waals surface area contributed by atoms with Crippen molar-refractivity contribution in [2.45, 2.75) is 20.8 Å². The first-order valence-electron chi connectivity index (χ1n) is 8.56. The van der Waals surface area contributed by atoms with Gasteiger partial charge < -0.3 is 5.32 Å². The van der Waals surface area contributed by atoms with Crippen LogP contribution in [0, 0.1) is 20.8 Å². The third-order valence-corrected chi connectivity index (χ3v) is 5.83. The number of benzene rings is 2. The zero-order valence-electron chi connectivity index (χ0n) is 15.2. The van der Waals surface area contributed by atoms with Crippen molar-refractivity contribution >= 4 is 44.7 Å². The molecule has 0 spiro atoms. The van der Waals surface area contributed by atoms with Crippen LogP contribution in [-0.2, 0) is 0 Å². The zero-order chi connectivity index (χ0) is 19.1. The lowest BCUT2D eigenvalue weighted by atomic mass is 10.1. The molecule has 4 aromatic rings. The average molecular weight is 396 g/mol. The molecule has 0 fully saturated rings. The Bertz CT molecular complexity index is 1160. The maximum absolute atomic E-state index is 12.8. The topological polar surface area (TPSA) is 46.9 Å². The van der Waals surface area contributed by atoms with Crippen molar-refractivity contribution in [3.63, 3.8) is 0 Å². The van der Waals surface area contributed by atoms with Crippen LogP contribution in [0.4, 0.5) is 5.69 Å². The molecule has 0 aliphatic carbocycles. The van der Waals surface area contributed by atoms with Crippen molar-refractivity contribution in [3.05, 3.63) is 75.3 Å². The Morgan fingerprint density at radius 3 is 2.52 bits per heavy atom. The molecule has 27 heavy (non-hydrogen) atoms. The van der Waals surface area contributed by atoms with E-state index >= 15 is 0 Å². The van der Waals surface area contributed by atoms with E-state index in [1.54, 1.807) is 0 Å². The molecular formula is C21H18ClN3OS. The number of aryl methyl sites for hydroxylation is 3. The van der Waals surface area contributed by atoms with E-state index in [1.165, 1.54) is 16.9 Å². The first-order chi connectivity index (χ1) is 12.9. The summed E-state index contributed by atoms with van der Waals surface area (Å²) in [5, 5.41) is 9.29. The van der Waals surface area contributed by atoms with Crippen LogP contribution in [-0.4, -0.2) is 15.7 Å². The molecule has 1 N–H and O–H groups in total. The molecule has 2 aromatic carbocycles. The Labute approximate surface area is 166 Å². The van der Waals surface area contributed by atoms with E-state index in [9.17, 15) is 4.79 Å². The number of thiophene rings is 1. The van der Waals surface area contributed by atoms with Crippen LogP contribution in [0.5, 0.6) is 0 Å². The highest BCUT2D eigenvalue weighted by molar-refractivity contribution is 7.20. The van der Waals surface area contributed by atoms with E-state index in [0.717, 1.165) is 32.8 Å². The normalized spacial score (nSPS) is 11.1. The van der Waals surface area contributed by atoms with Crippen LogP contribution in [0.15, 0.2) is 48.5 Å². The lowest BCUT2D eigenvalue weighted by Gasteiger charge is -2.08. The summed E-state index contributed by atoms with van der Waals surface area (Å²) in [7, 11) is 0. The first-order valence-corrected chi connectivity index (χ1v) is 9.75. The fourth-order valence-corrected chi connectivity index (χ4v) is 4.26. The van der Waals surface area contributed by atoms with Gasteiger partial charge in [-0.2, -0.15) is 5.10 Å². The van der Waals surface area contributed by atoms with Gasteiger partial charge in [-0.15, -0.1) is 11.3 Å². The number of aromatic nitrogens is 2. The van der Waals surface area contributed by atoms with E-state index in [2.05, 4.69) is 16.5 Å². The molecule has 0 bridgehead atoms. The number of nitrogens with one attached hydrogen (secondary N) is 1. The maximum atomic E-state index is 12.8. The van der Waals surface area contributed by atoms with Gasteiger partial charge in [-0.25, -0.2) is 4.68 Å². The van der Waals surface area contributed by atoms with E-state index < -0.39 is 0 Å². The summed E-state index contributed by atoms with van der Waals surface area (Å²) in [5.74, 6) is -0.106. The molecule has 2 aromatic heterocycles. The molecule has 6 heteroatoms. The molecule has 0 saturated heterocycles. The zero-order valence-corrected chi connectivity index (χ0v) is 16.8. The van der Waals surface area contributed by atoms with Crippen molar-refractivity contribution in [2.24, 2.45) is 0 Å². The predicted molar refractivity (Wildman–Crippen MR) is 113 cm³/mol. The smallest absolute Gasteiger partial charge is 0.265 e. The molecule has 0 atom stereocenters. The van der Waals surface area contributed by atoms with Gasteiger partial charge in [0.25, 0.3) is 5.91 Å². The summed E-state index contributed by atoms with van der Waals surface area (Å²) in [6, 6.07) is 15.4. The van der Waals surface area contributed by atoms with Gasteiger partial charge in [0.15, 0.2) is 0 Å². The number of carbonyl (C=O) groups is 1. The van der Waals surface area contributed by atoms with E-state index in [0.29, 0.717) is 9.90 Å². The Kier molecular flexibility index (Phi) is 4.50. The lowest BCUT2D eigenvalue weighted by Crippen LogP contribution is -2.11. The second-order valence-corrected chi connectivity index (χ2v) is 8.04. The Morgan fingerprint density at radius 2 is 1.81 bits per heavy atom. The van der Waals surface area contributed by atoms with Crippen molar-refractivity contribution in [2.75, 3.05) is 5.32 Å². The van der Waals surface area contributed by atoms with Crippen LogP contribution in [0.1, 0.15) is 26.5 Å². The largest absolute Gasteiger partial charge is 0.321 e. The molecule has 0 unspecified atom stereocenters. The second kappa shape index (κ2) is 6.83. The van der Waals surface area contributed by atoms with E-state index in [4.69, 9.17) is 11.6 Å². The third kappa shape index (κ3) is 3.36. The molecule has 136 valence electrons. The molecule has 4 nitrogen and oxygen atoms in total. The highest BCUT2D eigenvalue weighted by Crippen LogP contribution is 2.31. The number of rotatable bonds is 3. The van der Waals surface area contributed by atoms with Gasteiger partial charge in [-0.1, -0.05) is 29.3 Å². The van der Waals surface area contributed by atoms with E-state index in [1.807, 2.05) is 67.9 Å². The summed E-state index contributed by atoms with van der Waals surface area (Å²) >= 11 is 7.42. The molecule has 2 heterocycles. The minimum Gasteiger partial charge on any atom is -0.321 e. The SMILES string of the molecule is Cc1ccc(NC(=O)c2cc3c(C)nn(-c4ccc(Cl)cc4)c3s2)c(C)c1. The molecule has 4 rings (SSSR count). The Hall–Kier alpha value is -2.63. The Balaban J connectivity index is 1.70. The van der Waals surface area contributed by atoms with E-state index in [-0.39, 0.29) is 5.91 Å². The molecular weight excluding hydrogens is 378 g/mol. The summed E-state index contributed by atoms with van der Waals surface area (Å²) < 4.78 is 1.86. The number of halogens is 1. The van der Waals surface area contributed by atoms with Gasteiger partial charge >= 0.3 is 0 Å². The average Bonchev–Trinajstić information content (AvgIpc) is 3.19. The fraction of sp³-hybridized carbons (Fsp3) is 0.143. The van der Waals surface area contributed by atoms with Gasteiger partial charge in [-0.05, 0) is 62.7 Å². The maximum Gasteiger partial charge on any atom is 0.265 e. The number of hydrogen-bond acceptors (Lipinski definition) is 3. The number of carbonyl (C=O) groups excluding carboxylic acids is 1.